The van der Waals surface area contributed by atoms with Crippen LogP contribution in [-0.2, 0) is 0 Å². The predicted octanol–water partition coefficient (Wildman–Crippen LogP) is 6.31. The van der Waals surface area contributed by atoms with Crippen LogP contribution in [0.15, 0.2) is 72.8 Å². The third kappa shape index (κ3) is 5.48. The fourth-order valence-electron chi connectivity index (χ4n) is 3.94. The first-order chi connectivity index (χ1) is 15.5. The van der Waals surface area contributed by atoms with Crippen molar-refractivity contribution < 1.29 is 9.59 Å². The number of hydrogen-bond acceptors (Lipinski definition) is 2. The second-order valence-corrected chi connectivity index (χ2v) is 8.60. The molecule has 4 rings (SSSR count). The Morgan fingerprint density at radius 3 is 2.38 bits per heavy atom. The first-order valence-electron chi connectivity index (χ1n) is 10.8. The molecule has 1 heterocycles. The van der Waals surface area contributed by atoms with E-state index in [1.807, 2.05) is 60.4 Å². The van der Waals surface area contributed by atoms with E-state index in [-0.39, 0.29) is 17.9 Å². The van der Waals surface area contributed by atoms with Crippen molar-refractivity contribution in [3.8, 4) is 0 Å². The molecule has 6 heteroatoms. The van der Waals surface area contributed by atoms with Crippen LogP contribution in [0.4, 0.5) is 16.2 Å². The Morgan fingerprint density at radius 1 is 0.938 bits per heavy atom. The van der Waals surface area contributed by atoms with Gasteiger partial charge in [0.2, 0.25) is 0 Å². The smallest absolute Gasteiger partial charge is 0.321 e. The number of carbonyl (C=O) groups excluding carboxylic acids is 2. The number of piperidine rings is 1. The Kier molecular flexibility index (Phi) is 6.76. The first-order valence-corrected chi connectivity index (χ1v) is 11.2. The highest BCUT2D eigenvalue weighted by molar-refractivity contribution is 6.30. The average molecular weight is 448 g/mol. The standard InChI is InChI=1S/C26H26ClN3O2/c1-18-7-11-23(12-8-18)28-25(31)20-5-2-4-19(16-20)21-6-3-15-30(17-21)26(32)29-24-13-9-22(27)10-14-24/h2,4-5,7-14,16,21H,3,6,15,17H2,1H3,(H,28,31)(H,29,32)/t21-/m1/s1. The van der Waals surface area contributed by atoms with Gasteiger partial charge < -0.3 is 15.5 Å². The lowest BCUT2D eigenvalue weighted by atomic mass is 9.89. The summed E-state index contributed by atoms with van der Waals surface area (Å²) in [6.07, 6.45) is 1.90. The Labute approximate surface area is 193 Å². The Hall–Kier alpha value is -3.31. The van der Waals surface area contributed by atoms with Crippen LogP contribution in [0.3, 0.4) is 0 Å². The molecule has 0 aliphatic carbocycles. The molecule has 1 aliphatic rings. The van der Waals surface area contributed by atoms with E-state index in [1.54, 1.807) is 24.3 Å². The molecule has 164 valence electrons. The van der Waals surface area contributed by atoms with E-state index >= 15 is 0 Å². The molecule has 1 fully saturated rings. The first kappa shape index (κ1) is 21.9. The lowest BCUT2D eigenvalue weighted by Gasteiger charge is -2.33. The van der Waals surface area contributed by atoms with Crippen molar-refractivity contribution in [1.29, 1.82) is 0 Å². The number of carbonyl (C=O) groups is 2. The van der Waals surface area contributed by atoms with Crippen molar-refractivity contribution >= 4 is 34.9 Å². The van der Waals surface area contributed by atoms with Gasteiger partial charge in [0.25, 0.3) is 5.91 Å². The molecular formula is C26H26ClN3O2. The van der Waals surface area contributed by atoms with Gasteiger partial charge in [-0.1, -0.05) is 41.4 Å². The number of aryl methyl sites for hydroxylation is 1. The number of amides is 3. The van der Waals surface area contributed by atoms with Gasteiger partial charge >= 0.3 is 6.03 Å². The molecule has 0 radical (unpaired) electrons. The molecule has 1 aliphatic heterocycles. The molecule has 32 heavy (non-hydrogen) atoms. The van der Waals surface area contributed by atoms with Gasteiger partial charge in [0.05, 0.1) is 0 Å². The van der Waals surface area contributed by atoms with E-state index < -0.39 is 0 Å². The van der Waals surface area contributed by atoms with Crippen molar-refractivity contribution in [3.63, 3.8) is 0 Å². The molecule has 3 amide bonds. The van der Waals surface area contributed by atoms with E-state index in [4.69, 9.17) is 11.6 Å². The van der Waals surface area contributed by atoms with Gasteiger partial charge in [0, 0.05) is 41.0 Å². The third-order valence-corrected chi connectivity index (χ3v) is 5.99. The summed E-state index contributed by atoms with van der Waals surface area (Å²) in [5.74, 6) is 0.0516. The predicted molar refractivity (Wildman–Crippen MR) is 130 cm³/mol. The number of urea groups is 1. The maximum absolute atomic E-state index is 12.7. The molecule has 1 atom stereocenters. The van der Waals surface area contributed by atoms with Gasteiger partial charge in [-0.2, -0.15) is 0 Å². The number of rotatable bonds is 4. The highest BCUT2D eigenvalue weighted by Crippen LogP contribution is 2.28. The minimum absolute atomic E-state index is 0.120. The van der Waals surface area contributed by atoms with Gasteiger partial charge in [0.1, 0.15) is 0 Å². The van der Waals surface area contributed by atoms with Gasteiger partial charge in [-0.15, -0.1) is 0 Å². The molecule has 0 bridgehead atoms. The summed E-state index contributed by atoms with van der Waals surface area (Å²) in [5.41, 5.74) is 4.33. The van der Waals surface area contributed by atoms with Crippen LogP contribution in [-0.4, -0.2) is 29.9 Å². The van der Waals surface area contributed by atoms with Gasteiger partial charge in [-0.25, -0.2) is 4.79 Å². The van der Waals surface area contributed by atoms with Crippen molar-refractivity contribution in [2.24, 2.45) is 0 Å². The molecule has 2 N–H and O–H groups in total. The highest BCUT2D eigenvalue weighted by Gasteiger charge is 2.25. The van der Waals surface area contributed by atoms with E-state index in [1.165, 1.54) is 0 Å². The monoisotopic (exact) mass is 447 g/mol. The number of benzene rings is 3. The molecule has 3 aromatic carbocycles. The number of nitrogens with one attached hydrogen (secondary N) is 2. The maximum Gasteiger partial charge on any atom is 0.321 e. The zero-order valence-electron chi connectivity index (χ0n) is 18.0. The molecular weight excluding hydrogens is 422 g/mol. The van der Waals surface area contributed by atoms with Crippen molar-refractivity contribution in [1.82, 2.24) is 4.90 Å². The minimum Gasteiger partial charge on any atom is -0.324 e. The zero-order chi connectivity index (χ0) is 22.5. The van der Waals surface area contributed by atoms with Crippen LogP contribution in [0.2, 0.25) is 5.02 Å². The summed E-state index contributed by atoms with van der Waals surface area (Å²) >= 11 is 5.92. The molecule has 0 unspecified atom stereocenters. The summed E-state index contributed by atoms with van der Waals surface area (Å²) in [5, 5.41) is 6.52. The Balaban J connectivity index is 1.41. The minimum atomic E-state index is -0.135. The molecule has 1 saturated heterocycles. The summed E-state index contributed by atoms with van der Waals surface area (Å²) in [6, 6.07) is 22.4. The summed E-state index contributed by atoms with van der Waals surface area (Å²) in [4.78, 5) is 27.3. The highest BCUT2D eigenvalue weighted by atomic mass is 35.5. The van der Waals surface area contributed by atoms with E-state index in [0.29, 0.717) is 23.7 Å². The lowest BCUT2D eigenvalue weighted by Crippen LogP contribution is -2.41. The second kappa shape index (κ2) is 9.88. The SMILES string of the molecule is Cc1ccc(NC(=O)c2cccc([C@@H]3CCCN(C(=O)Nc4ccc(Cl)cc4)C3)c2)cc1. The second-order valence-electron chi connectivity index (χ2n) is 8.17. The van der Waals surface area contributed by atoms with Crippen molar-refractivity contribution in [2.45, 2.75) is 25.7 Å². The average Bonchev–Trinajstić information content (AvgIpc) is 2.82. The Morgan fingerprint density at radius 2 is 1.62 bits per heavy atom. The number of likely N-dealkylation sites (tertiary alicyclic amines) is 1. The normalized spacial score (nSPS) is 15.8. The summed E-state index contributed by atoms with van der Waals surface area (Å²) in [6.45, 7) is 3.34. The fourth-order valence-corrected chi connectivity index (χ4v) is 4.07. The number of anilines is 2. The van der Waals surface area contributed by atoms with Crippen LogP contribution < -0.4 is 10.6 Å². The summed E-state index contributed by atoms with van der Waals surface area (Å²) in [7, 11) is 0. The fraction of sp³-hybridized carbons (Fsp3) is 0.231. The largest absolute Gasteiger partial charge is 0.324 e. The quantitative estimate of drug-likeness (QED) is 0.492. The van der Waals surface area contributed by atoms with Crippen LogP contribution in [0.5, 0.6) is 0 Å². The van der Waals surface area contributed by atoms with E-state index in [9.17, 15) is 9.59 Å². The maximum atomic E-state index is 12.7. The van der Waals surface area contributed by atoms with Gasteiger partial charge in [-0.3, -0.25) is 4.79 Å². The van der Waals surface area contributed by atoms with Gasteiger partial charge in [0.15, 0.2) is 0 Å². The van der Waals surface area contributed by atoms with Gasteiger partial charge in [-0.05, 0) is 73.9 Å². The summed E-state index contributed by atoms with van der Waals surface area (Å²) < 4.78 is 0. The number of nitrogens with zero attached hydrogens (tertiary/aromatic N) is 1. The van der Waals surface area contributed by atoms with E-state index in [0.717, 1.165) is 35.3 Å². The van der Waals surface area contributed by atoms with Crippen molar-refractivity contribution in [3.05, 3.63) is 94.5 Å². The topological polar surface area (TPSA) is 61.4 Å². The Bertz CT molecular complexity index is 1100. The molecule has 0 saturated carbocycles. The van der Waals surface area contributed by atoms with Crippen LogP contribution in [0, 0.1) is 6.92 Å². The van der Waals surface area contributed by atoms with E-state index in [2.05, 4.69) is 10.6 Å². The van der Waals surface area contributed by atoms with Crippen molar-refractivity contribution in [2.75, 3.05) is 23.7 Å². The molecule has 5 nitrogen and oxygen atoms in total. The third-order valence-electron chi connectivity index (χ3n) is 5.73. The van der Waals surface area contributed by atoms with Crippen LogP contribution in [0.25, 0.3) is 0 Å². The number of halogens is 1. The molecule has 3 aromatic rings. The zero-order valence-corrected chi connectivity index (χ0v) is 18.7. The van der Waals surface area contributed by atoms with Crippen LogP contribution in [0.1, 0.15) is 40.2 Å². The van der Waals surface area contributed by atoms with Crippen LogP contribution >= 0.6 is 11.6 Å². The lowest BCUT2D eigenvalue weighted by molar-refractivity contribution is 0.102. The molecule has 0 aromatic heterocycles. The molecule has 0 spiro atoms. The number of hydrogen-bond donors (Lipinski definition) is 2.